The molecule has 0 atom stereocenters. The molecule has 0 aliphatic rings. The number of fused-ring (bicyclic) bond motifs is 10. The van der Waals surface area contributed by atoms with Gasteiger partial charge in [0.15, 0.2) is 17.5 Å². The Labute approximate surface area is 354 Å². The van der Waals surface area contributed by atoms with Crippen molar-refractivity contribution in [2.45, 2.75) is 0 Å². The van der Waals surface area contributed by atoms with Gasteiger partial charge in [0.2, 0.25) is 0 Å². The first-order valence-corrected chi connectivity index (χ1v) is 21.3. The molecule has 13 rings (SSSR count). The lowest BCUT2D eigenvalue weighted by atomic mass is 10.0. The summed E-state index contributed by atoms with van der Waals surface area (Å²) in [5.41, 5.74) is 9.70. The molecule has 4 aromatic heterocycles. The molecule has 0 N–H and O–H groups in total. The van der Waals surface area contributed by atoms with E-state index in [4.69, 9.17) is 15.0 Å². The lowest BCUT2D eigenvalue weighted by Gasteiger charge is -2.14. The summed E-state index contributed by atoms with van der Waals surface area (Å²) in [6.45, 7) is 0. The Balaban J connectivity index is 1.05. The molecule has 0 saturated carbocycles. The standard InChI is InChI=1S/C55H33N5S/c1-2-16-37(17-3-1)59-46-24-9-6-19-39(46)42-22-13-26-49(52(42)59)60-47-25-10-7-20-40(47)44-32-35(28-30-48(44)60)53-56-54(36-29-31-51-45(33-36)41-21-8-11-27-50(41)61-51)58-55(57-53)43-23-12-15-34-14-4-5-18-38(34)43/h1-33H. The average molecular weight is 796 g/mol. The molecular formula is C55H33N5S. The van der Waals surface area contributed by atoms with E-state index in [9.17, 15) is 0 Å². The molecule has 0 saturated heterocycles. The first-order valence-electron chi connectivity index (χ1n) is 20.5. The van der Waals surface area contributed by atoms with Crippen LogP contribution in [-0.2, 0) is 0 Å². The van der Waals surface area contributed by atoms with Crippen LogP contribution in [0, 0.1) is 0 Å². The van der Waals surface area contributed by atoms with Gasteiger partial charge in [0.05, 0.1) is 27.8 Å². The molecule has 0 fully saturated rings. The average Bonchev–Trinajstić information content (AvgIpc) is 3.99. The van der Waals surface area contributed by atoms with Crippen molar-refractivity contribution in [2.75, 3.05) is 0 Å². The third kappa shape index (κ3) is 5.22. The Morgan fingerprint density at radius 3 is 1.72 bits per heavy atom. The van der Waals surface area contributed by atoms with Crippen molar-refractivity contribution in [2.24, 2.45) is 0 Å². The van der Waals surface area contributed by atoms with E-state index < -0.39 is 0 Å². The zero-order chi connectivity index (χ0) is 40.0. The second-order valence-corrected chi connectivity index (χ2v) is 16.7. The molecule has 61 heavy (non-hydrogen) atoms. The van der Waals surface area contributed by atoms with E-state index in [1.807, 2.05) is 11.3 Å². The predicted octanol–water partition coefficient (Wildman–Crippen LogP) is 14.6. The van der Waals surface area contributed by atoms with E-state index in [1.54, 1.807) is 0 Å². The first kappa shape index (κ1) is 34.0. The highest BCUT2D eigenvalue weighted by molar-refractivity contribution is 7.25. The van der Waals surface area contributed by atoms with Crippen LogP contribution in [-0.4, -0.2) is 24.1 Å². The van der Waals surface area contributed by atoms with Gasteiger partial charge < -0.3 is 9.13 Å². The fraction of sp³-hybridized carbons (Fsp3) is 0. The van der Waals surface area contributed by atoms with E-state index in [2.05, 4.69) is 209 Å². The van der Waals surface area contributed by atoms with Crippen molar-refractivity contribution in [1.29, 1.82) is 0 Å². The second-order valence-electron chi connectivity index (χ2n) is 15.6. The quantitative estimate of drug-likeness (QED) is 0.174. The van der Waals surface area contributed by atoms with Crippen molar-refractivity contribution in [3.8, 4) is 45.5 Å². The van der Waals surface area contributed by atoms with Crippen LogP contribution in [0.2, 0.25) is 0 Å². The maximum absolute atomic E-state index is 5.28. The number of hydrogen-bond donors (Lipinski definition) is 0. The summed E-state index contributed by atoms with van der Waals surface area (Å²) in [7, 11) is 0. The highest BCUT2D eigenvalue weighted by Crippen LogP contribution is 2.41. The minimum absolute atomic E-state index is 0.633. The lowest BCUT2D eigenvalue weighted by molar-refractivity contribution is 1.08. The molecule has 0 radical (unpaired) electrons. The first-order chi connectivity index (χ1) is 30.2. The number of aromatic nitrogens is 5. The van der Waals surface area contributed by atoms with Crippen LogP contribution in [0.3, 0.4) is 0 Å². The summed E-state index contributed by atoms with van der Waals surface area (Å²) in [5, 5.41) is 9.44. The third-order valence-corrected chi connectivity index (χ3v) is 13.3. The molecule has 0 bridgehead atoms. The third-order valence-electron chi connectivity index (χ3n) is 12.2. The fourth-order valence-electron chi connectivity index (χ4n) is 9.44. The van der Waals surface area contributed by atoms with Crippen molar-refractivity contribution < 1.29 is 0 Å². The number of benzene rings is 9. The van der Waals surface area contributed by atoms with E-state index in [0.29, 0.717) is 17.5 Å². The minimum Gasteiger partial charge on any atom is -0.307 e. The van der Waals surface area contributed by atoms with Crippen molar-refractivity contribution >= 4 is 85.9 Å². The maximum Gasteiger partial charge on any atom is 0.164 e. The minimum atomic E-state index is 0.633. The summed E-state index contributed by atoms with van der Waals surface area (Å²) in [4.78, 5) is 15.8. The van der Waals surface area contributed by atoms with Crippen molar-refractivity contribution in [1.82, 2.24) is 24.1 Å². The van der Waals surface area contributed by atoms with Crippen molar-refractivity contribution in [3.63, 3.8) is 0 Å². The summed E-state index contributed by atoms with van der Waals surface area (Å²) < 4.78 is 7.35. The van der Waals surface area contributed by atoms with Gasteiger partial charge in [-0.25, -0.2) is 15.0 Å². The van der Waals surface area contributed by atoms with E-state index >= 15 is 0 Å². The Morgan fingerprint density at radius 1 is 0.344 bits per heavy atom. The van der Waals surface area contributed by atoms with Gasteiger partial charge in [-0.3, -0.25) is 0 Å². The summed E-state index contributed by atoms with van der Waals surface area (Å²) in [5.74, 6) is 1.93. The van der Waals surface area contributed by atoms with Gasteiger partial charge in [-0.15, -0.1) is 11.3 Å². The number of hydrogen-bond acceptors (Lipinski definition) is 4. The molecule has 0 unspecified atom stereocenters. The zero-order valence-corrected chi connectivity index (χ0v) is 33.5. The molecule has 0 aliphatic carbocycles. The Kier molecular flexibility index (Phi) is 7.41. The van der Waals surface area contributed by atoms with E-state index in [1.165, 1.54) is 42.0 Å². The Hall–Kier alpha value is -7.93. The molecule has 13 aromatic rings. The fourth-order valence-corrected chi connectivity index (χ4v) is 10.5. The van der Waals surface area contributed by atoms with Crippen LogP contribution < -0.4 is 0 Å². The van der Waals surface area contributed by atoms with Gasteiger partial charge in [0.1, 0.15) is 0 Å². The van der Waals surface area contributed by atoms with Crippen LogP contribution in [0.15, 0.2) is 200 Å². The summed E-state index contributed by atoms with van der Waals surface area (Å²) in [6.07, 6.45) is 0. The molecule has 0 spiro atoms. The van der Waals surface area contributed by atoms with Gasteiger partial charge in [-0.05, 0) is 83.6 Å². The highest BCUT2D eigenvalue weighted by Gasteiger charge is 2.21. The SMILES string of the molecule is c1ccc(-n2c3ccccc3c3cccc(-n4c5ccccc5c5cc(-c6nc(-c7ccc8sc9ccccc9c8c7)nc(-c7cccc8ccccc78)n6)ccc54)c32)cc1. The molecule has 0 amide bonds. The Morgan fingerprint density at radius 2 is 0.902 bits per heavy atom. The van der Waals surface area contributed by atoms with Gasteiger partial charge in [-0.1, -0.05) is 127 Å². The number of rotatable bonds is 5. The zero-order valence-electron chi connectivity index (χ0n) is 32.7. The van der Waals surface area contributed by atoms with Gasteiger partial charge >= 0.3 is 0 Å². The molecule has 6 heteroatoms. The normalized spacial score (nSPS) is 11.9. The van der Waals surface area contributed by atoms with Crippen LogP contribution in [0.5, 0.6) is 0 Å². The topological polar surface area (TPSA) is 48.5 Å². The van der Waals surface area contributed by atoms with Gasteiger partial charge in [0, 0.05) is 64.1 Å². The number of nitrogens with zero attached hydrogens (tertiary/aromatic N) is 5. The van der Waals surface area contributed by atoms with Crippen LogP contribution in [0.4, 0.5) is 0 Å². The highest BCUT2D eigenvalue weighted by atomic mass is 32.1. The Bertz CT molecular complexity index is 3890. The molecule has 9 aromatic carbocycles. The monoisotopic (exact) mass is 795 g/mol. The largest absolute Gasteiger partial charge is 0.307 e. The van der Waals surface area contributed by atoms with E-state index in [0.717, 1.165) is 60.6 Å². The van der Waals surface area contributed by atoms with Crippen LogP contribution in [0.1, 0.15) is 0 Å². The summed E-state index contributed by atoms with van der Waals surface area (Å²) in [6, 6.07) is 71.5. The number of para-hydroxylation sites is 4. The molecular weight excluding hydrogens is 763 g/mol. The van der Waals surface area contributed by atoms with Gasteiger partial charge in [0.25, 0.3) is 0 Å². The second kappa shape index (κ2) is 13.3. The summed E-state index contributed by atoms with van der Waals surface area (Å²) >= 11 is 1.81. The molecule has 284 valence electrons. The number of thiophene rings is 1. The van der Waals surface area contributed by atoms with E-state index in [-0.39, 0.29) is 0 Å². The molecule has 0 aliphatic heterocycles. The van der Waals surface area contributed by atoms with Gasteiger partial charge in [-0.2, -0.15) is 0 Å². The van der Waals surface area contributed by atoms with Crippen LogP contribution in [0.25, 0.3) is 120 Å². The molecule has 4 heterocycles. The van der Waals surface area contributed by atoms with Crippen LogP contribution >= 0.6 is 11.3 Å². The molecule has 5 nitrogen and oxygen atoms in total. The maximum atomic E-state index is 5.28. The van der Waals surface area contributed by atoms with Crippen molar-refractivity contribution in [3.05, 3.63) is 200 Å². The smallest absolute Gasteiger partial charge is 0.164 e. The lowest BCUT2D eigenvalue weighted by Crippen LogP contribution is -2.01. The predicted molar refractivity (Wildman–Crippen MR) is 255 cm³/mol.